The molecule has 35 heavy (non-hydrogen) atoms. The van der Waals surface area contributed by atoms with Gasteiger partial charge in [0.1, 0.15) is 0 Å². The topological polar surface area (TPSA) is 73.2 Å². The number of Topliss-reactive ketones (excluding diaryl/α,β-unsaturated/α-hetero) is 1. The van der Waals surface area contributed by atoms with Gasteiger partial charge in [0.05, 0.1) is 18.2 Å². The molecule has 0 saturated heterocycles. The van der Waals surface area contributed by atoms with Gasteiger partial charge in [-0.1, -0.05) is 34.1 Å². The predicted octanol–water partition coefficient (Wildman–Crippen LogP) is 6.14. The number of carbonyl (C=O) groups excluding carboxylic acids is 1. The molecule has 0 aromatic rings. The third kappa shape index (κ3) is 4.59. The number of halogens is 3. The zero-order valence-corrected chi connectivity index (χ0v) is 21.6. The van der Waals surface area contributed by atoms with E-state index < -0.39 is 11.7 Å². The number of aliphatic hydroxyl groups excluding tert-OH is 1. The Morgan fingerprint density at radius 2 is 1.74 bits per heavy atom. The van der Waals surface area contributed by atoms with Crippen molar-refractivity contribution in [2.75, 3.05) is 6.54 Å². The minimum Gasteiger partial charge on any atom is -0.392 e. The lowest BCUT2D eigenvalue weighted by molar-refractivity contribution is -0.207. The number of hydrogen-bond acceptors (Lipinski definition) is 4. The number of fused-ring (bicyclic) bond motifs is 2. The van der Waals surface area contributed by atoms with E-state index in [0.717, 1.165) is 50.6 Å². The number of ketones is 1. The summed E-state index contributed by atoms with van der Waals surface area (Å²) in [5.74, 6) is 2.95. The van der Waals surface area contributed by atoms with Gasteiger partial charge < -0.3 is 15.8 Å². The Hall–Kier alpha value is -1.37. The monoisotopic (exact) mass is 496 g/mol. The van der Waals surface area contributed by atoms with Crippen LogP contribution in [0.2, 0.25) is 0 Å². The molecule has 0 aromatic heterocycles. The molecule has 4 saturated carbocycles. The maximum atomic E-state index is 13.2. The molecule has 4 rings (SSSR count). The largest absolute Gasteiger partial charge is 0.419 e. The van der Waals surface area contributed by atoms with E-state index in [2.05, 4.69) is 33.0 Å². The Morgan fingerprint density at radius 1 is 1.06 bits per heavy atom. The summed E-state index contributed by atoms with van der Waals surface area (Å²) >= 11 is 0. The van der Waals surface area contributed by atoms with Gasteiger partial charge in [-0.15, -0.1) is 0 Å². The molecule has 0 spiro atoms. The molecule has 0 aromatic carbocycles. The van der Waals surface area contributed by atoms with Gasteiger partial charge in [-0.3, -0.25) is 4.79 Å². The Kier molecular flexibility index (Phi) is 7.24. The maximum absolute atomic E-state index is 13.2. The van der Waals surface area contributed by atoms with Crippen molar-refractivity contribution in [3.05, 3.63) is 11.8 Å². The molecule has 4 fully saturated rings. The SMILES string of the molecule is CC1CCC2(C)C(O)C(CC3C(C)CCC4(C)C(C(=O)CN/C=C(\C=N)C(F)(F)F)CCC34)C2C1. The van der Waals surface area contributed by atoms with Gasteiger partial charge in [0, 0.05) is 18.3 Å². The average molecular weight is 497 g/mol. The van der Waals surface area contributed by atoms with Gasteiger partial charge in [0.25, 0.3) is 0 Å². The molecule has 0 heterocycles. The van der Waals surface area contributed by atoms with E-state index in [1.54, 1.807) is 0 Å². The van der Waals surface area contributed by atoms with E-state index in [1.807, 2.05) is 0 Å². The first kappa shape index (κ1) is 26.7. The number of aliphatic hydroxyl groups is 1. The highest BCUT2D eigenvalue weighted by molar-refractivity contribution is 5.84. The van der Waals surface area contributed by atoms with E-state index in [4.69, 9.17) is 5.41 Å². The first-order valence-corrected chi connectivity index (χ1v) is 13.5. The summed E-state index contributed by atoms with van der Waals surface area (Å²) in [6.45, 7) is 9.02. The fourth-order valence-corrected chi connectivity index (χ4v) is 8.78. The van der Waals surface area contributed by atoms with E-state index in [9.17, 15) is 23.1 Å². The van der Waals surface area contributed by atoms with Crippen molar-refractivity contribution in [3.63, 3.8) is 0 Å². The highest BCUT2D eigenvalue weighted by Crippen LogP contribution is 2.65. The van der Waals surface area contributed by atoms with Crippen LogP contribution in [0.5, 0.6) is 0 Å². The van der Waals surface area contributed by atoms with Crippen molar-refractivity contribution < 1.29 is 23.1 Å². The lowest BCUT2D eigenvalue weighted by atomic mass is 9.43. The molecule has 10 unspecified atom stereocenters. The Labute approximate surface area is 208 Å². The molecule has 0 radical (unpaired) electrons. The zero-order valence-electron chi connectivity index (χ0n) is 21.6. The molecule has 0 bridgehead atoms. The van der Waals surface area contributed by atoms with Crippen LogP contribution < -0.4 is 5.32 Å². The normalized spacial score (nSPS) is 45.8. The highest BCUT2D eigenvalue weighted by atomic mass is 19.4. The summed E-state index contributed by atoms with van der Waals surface area (Å²) in [5.41, 5.74) is -1.15. The fraction of sp³-hybridized carbons (Fsp3) is 0.857. The Balaban J connectivity index is 1.43. The summed E-state index contributed by atoms with van der Waals surface area (Å²) < 4.78 is 38.6. The number of carbonyl (C=O) groups is 1. The van der Waals surface area contributed by atoms with Crippen molar-refractivity contribution >= 4 is 12.0 Å². The number of nitrogens with one attached hydrogen (secondary N) is 2. The number of allylic oxidation sites excluding steroid dienone is 1. The lowest BCUT2D eigenvalue weighted by Crippen LogP contribution is -2.62. The second-order valence-corrected chi connectivity index (χ2v) is 12.8. The zero-order chi connectivity index (χ0) is 25.8. The Morgan fingerprint density at radius 3 is 2.40 bits per heavy atom. The Bertz CT molecular complexity index is 858. The van der Waals surface area contributed by atoms with Crippen LogP contribution in [0.15, 0.2) is 11.8 Å². The molecule has 3 N–H and O–H groups in total. The minimum atomic E-state index is -4.60. The van der Waals surface area contributed by atoms with Crippen LogP contribution in [0.3, 0.4) is 0 Å². The second kappa shape index (κ2) is 9.50. The molecule has 4 nitrogen and oxygen atoms in total. The standard InChI is InChI=1S/C28H43F3N2O2/c1-16-7-9-27(4)23(11-16)20(25(27)35)12-19-17(2)8-10-26(3)21(19)5-6-22(26)24(34)15-33-14-18(13-32)28(29,30)31/h13-14,16-17,19-23,25,32-33,35H,5-12,15H2,1-4H3/b18-14+,32-13?. The van der Waals surface area contributed by atoms with E-state index >= 15 is 0 Å². The summed E-state index contributed by atoms with van der Waals surface area (Å²) in [6.07, 6.45) is 4.53. The molecule has 4 aliphatic rings. The van der Waals surface area contributed by atoms with Gasteiger partial charge in [-0.05, 0) is 91.3 Å². The van der Waals surface area contributed by atoms with E-state index in [0.29, 0.717) is 29.6 Å². The first-order chi connectivity index (χ1) is 16.3. The maximum Gasteiger partial charge on any atom is 0.419 e. The second-order valence-electron chi connectivity index (χ2n) is 12.8. The highest BCUT2D eigenvalue weighted by Gasteiger charge is 2.62. The third-order valence-electron chi connectivity index (χ3n) is 11.0. The van der Waals surface area contributed by atoms with Crippen molar-refractivity contribution in [2.24, 2.45) is 52.3 Å². The van der Waals surface area contributed by atoms with E-state index in [1.165, 1.54) is 12.8 Å². The fourth-order valence-electron chi connectivity index (χ4n) is 8.78. The van der Waals surface area contributed by atoms with Crippen LogP contribution in [0.25, 0.3) is 0 Å². The van der Waals surface area contributed by atoms with Crippen LogP contribution in [-0.2, 0) is 4.79 Å². The first-order valence-electron chi connectivity index (χ1n) is 13.5. The molecular formula is C28H43F3N2O2. The van der Waals surface area contributed by atoms with Gasteiger partial charge in [-0.2, -0.15) is 13.2 Å². The number of rotatable bonds is 7. The lowest BCUT2D eigenvalue weighted by Gasteiger charge is -2.63. The molecule has 7 heteroatoms. The molecule has 0 aliphatic heterocycles. The van der Waals surface area contributed by atoms with E-state index in [-0.39, 0.29) is 41.4 Å². The van der Waals surface area contributed by atoms with Crippen molar-refractivity contribution in [1.29, 1.82) is 5.41 Å². The van der Waals surface area contributed by atoms with Crippen molar-refractivity contribution in [1.82, 2.24) is 5.32 Å². The molecular weight excluding hydrogens is 453 g/mol. The average Bonchev–Trinajstić information content (AvgIpc) is 3.14. The molecule has 4 aliphatic carbocycles. The minimum absolute atomic E-state index is 0.0246. The van der Waals surface area contributed by atoms with Crippen molar-refractivity contribution in [2.45, 2.75) is 91.3 Å². The molecule has 10 atom stereocenters. The predicted molar refractivity (Wildman–Crippen MR) is 131 cm³/mol. The van der Waals surface area contributed by atoms with Crippen molar-refractivity contribution in [3.8, 4) is 0 Å². The quantitative estimate of drug-likeness (QED) is 0.371. The van der Waals surface area contributed by atoms with Crippen LogP contribution in [0.4, 0.5) is 13.2 Å². The van der Waals surface area contributed by atoms with Gasteiger partial charge >= 0.3 is 6.18 Å². The summed E-state index contributed by atoms with van der Waals surface area (Å²) in [7, 11) is 0. The molecule has 198 valence electrons. The van der Waals surface area contributed by atoms with Gasteiger partial charge in [-0.25, -0.2) is 0 Å². The molecule has 0 amide bonds. The number of alkyl halides is 3. The summed E-state index contributed by atoms with van der Waals surface area (Å²) in [5, 5.41) is 20.7. The third-order valence-corrected chi connectivity index (χ3v) is 11.0. The van der Waals surface area contributed by atoms with Crippen LogP contribution in [0, 0.1) is 57.7 Å². The van der Waals surface area contributed by atoms with Gasteiger partial charge in [0.2, 0.25) is 0 Å². The van der Waals surface area contributed by atoms with Crippen LogP contribution in [0.1, 0.15) is 79.1 Å². The van der Waals surface area contributed by atoms with Gasteiger partial charge in [0.15, 0.2) is 5.78 Å². The number of hydrogen-bond donors (Lipinski definition) is 3. The van der Waals surface area contributed by atoms with Crippen LogP contribution in [-0.4, -0.2) is 35.9 Å². The van der Waals surface area contributed by atoms with Crippen LogP contribution >= 0.6 is 0 Å². The smallest absolute Gasteiger partial charge is 0.392 e. The summed E-state index contributed by atoms with van der Waals surface area (Å²) in [6, 6.07) is 0. The summed E-state index contributed by atoms with van der Waals surface area (Å²) in [4.78, 5) is 13.2.